The van der Waals surface area contributed by atoms with Crippen molar-refractivity contribution in [2.45, 2.75) is 31.1 Å². The predicted molar refractivity (Wildman–Crippen MR) is 123 cm³/mol. The summed E-state index contributed by atoms with van der Waals surface area (Å²) in [6, 6.07) is 25.2. The monoisotopic (exact) mass is 436 g/mol. The molecule has 0 saturated carbocycles. The zero-order chi connectivity index (χ0) is 22.3. The van der Waals surface area contributed by atoms with Gasteiger partial charge in [-0.05, 0) is 42.2 Å². The third-order valence-corrected chi connectivity index (χ3v) is 6.77. The standard InChI is InChI=1S/C25H28N2O3S/c1-19-13-14-20(2)24(17-19)31(29,30)27-16-15-26-25(28)18-23(21-9-5-3-6-10-21)22-11-7-4-8-12-22/h3-14,17,23,27H,15-16,18H2,1-2H3,(H,26,28). The molecule has 0 bridgehead atoms. The zero-order valence-corrected chi connectivity index (χ0v) is 18.7. The fraction of sp³-hybridized carbons (Fsp3) is 0.240. The average Bonchev–Trinajstić information content (AvgIpc) is 2.78. The second-order valence-electron chi connectivity index (χ2n) is 7.59. The minimum atomic E-state index is -3.62. The van der Waals surface area contributed by atoms with Crippen molar-refractivity contribution >= 4 is 15.9 Å². The van der Waals surface area contributed by atoms with Gasteiger partial charge in [0.05, 0.1) is 4.90 Å². The summed E-state index contributed by atoms with van der Waals surface area (Å²) < 4.78 is 27.7. The smallest absolute Gasteiger partial charge is 0.240 e. The molecule has 6 heteroatoms. The molecule has 0 atom stereocenters. The first-order valence-corrected chi connectivity index (χ1v) is 11.8. The van der Waals surface area contributed by atoms with Crippen molar-refractivity contribution in [3.8, 4) is 0 Å². The van der Waals surface area contributed by atoms with Crippen LogP contribution in [0.4, 0.5) is 0 Å². The van der Waals surface area contributed by atoms with Crippen LogP contribution in [0, 0.1) is 13.8 Å². The molecule has 31 heavy (non-hydrogen) atoms. The molecule has 0 fully saturated rings. The Morgan fingerprint density at radius 1 is 0.839 bits per heavy atom. The third-order valence-electron chi connectivity index (χ3n) is 5.17. The number of nitrogens with one attached hydrogen (secondary N) is 2. The summed E-state index contributed by atoms with van der Waals surface area (Å²) in [5, 5.41) is 2.84. The average molecular weight is 437 g/mol. The van der Waals surface area contributed by atoms with Crippen molar-refractivity contribution in [3.05, 3.63) is 101 Å². The van der Waals surface area contributed by atoms with E-state index in [9.17, 15) is 13.2 Å². The van der Waals surface area contributed by atoms with Crippen LogP contribution in [0.5, 0.6) is 0 Å². The molecule has 0 aromatic heterocycles. The molecule has 0 aliphatic carbocycles. The maximum Gasteiger partial charge on any atom is 0.240 e. The molecule has 0 unspecified atom stereocenters. The van der Waals surface area contributed by atoms with Crippen LogP contribution in [0.25, 0.3) is 0 Å². The van der Waals surface area contributed by atoms with Crippen LogP contribution in [0.1, 0.15) is 34.6 Å². The number of amides is 1. The molecule has 162 valence electrons. The second kappa shape index (κ2) is 10.4. The quantitative estimate of drug-likeness (QED) is 0.499. The van der Waals surface area contributed by atoms with Crippen LogP contribution in [0.2, 0.25) is 0 Å². The number of carbonyl (C=O) groups excluding carboxylic acids is 1. The third kappa shape index (κ3) is 6.26. The Kier molecular flexibility index (Phi) is 7.60. The fourth-order valence-electron chi connectivity index (χ4n) is 3.52. The van der Waals surface area contributed by atoms with Crippen molar-refractivity contribution < 1.29 is 13.2 Å². The maximum atomic E-state index is 12.6. The number of benzene rings is 3. The summed E-state index contributed by atoms with van der Waals surface area (Å²) in [4.78, 5) is 12.9. The van der Waals surface area contributed by atoms with E-state index in [4.69, 9.17) is 0 Å². The van der Waals surface area contributed by atoms with E-state index in [0.29, 0.717) is 5.56 Å². The first kappa shape index (κ1) is 22.7. The van der Waals surface area contributed by atoms with Gasteiger partial charge in [-0.1, -0.05) is 72.8 Å². The van der Waals surface area contributed by atoms with Gasteiger partial charge in [0, 0.05) is 25.4 Å². The lowest BCUT2D eigenvalue weighted by Gasteiger charge is -2.18. The highest BCUT2D eigenvalue weighted by atomic mass is 32.2. The lowest BCUT2D eigenvalue weighted by molar-refractivity contribution is -0.121. The number of hydrogen-bond acceptors (Lipinski definition) is 3. The van der Waals surface area contributed by atoms with Crippen molar-refractivity contribution in [1.29, 1.82) is 0 Å². The Morgan fingerprint density at radius 2 is 1.42 bits per heavy atom. The van der Waals surface area contributed by atoms with Gasteiger partial charge in [0.2, 0.25) is 15.9 Å². The van der Waals surface area contributed by atoms with Gasteiger partial charge >= 0.3 is 0 Å². The number of sulfonamides is 1. The molecular weight excluding hydrogens is 408 g/mol. The van der Waals surface area contributed by atoms with Crippen molar-refractivity contribution in [1.82, 2.24) is 10.0 Å². The molecule has 3 aromatic rings. The number of aryl methyl sites for hydroxylation is 2. The van der Waals surface area contributed by atoms with E-state index in [-0.39, 0.29) is 36.2 Å². The van der Waals surface area contributed by atoms with Crippen LogP contribution in [0.3, 0.4) is 0 Å². The molecule has 0 aliphatic rings. The van der Waals surface area contributed by atoms with Gasteiger partial charge in [-0.2, -0.15) is 0 Å². The number of hydrogen-bond donors (Lipinski definition) is 2. The van der Waals surface area contributed by atoms with Gasteiger partial charge in [0.15, 0.2) is 0 Å². The highest BCUT2D eigenvalue weighted by Gasteiger charge is 2.19. The SMILES string of the molecule is Cc1ccc(C)c(S(=O)(=O)NCCNC(=O)CC(c2ccccc2)c2ccccc2)c1. The molecule has 0 radical (unpaired) electrons. The van der Waals surface area contributed by atoms with Crippen LogP contribution in [-0.4, -0.2) is 27.4 Å². The first-order chi connectivity index (χ1) is 14.9. The van der Waals surface area contributed by atoms with Crippen molar-refractivity contribution in [2.75, 3.05) is 13.1 Å². The minimum Gasteiger partial charge on any atom is -0.355 e. The summed E-state index contributed by atoms with van der Waals surface area (Å²) >= 11 is 0. The Morgan fingerprint density at radius 3 is 2.00 bits per heavy atom. The van der Waals surface area contributed by atoms with E-state index in [1.807, 2.05) is 73.7 Å². The Balaban J connectivity index is 1.58. The summed E-state index contributed by atoms with van der Waals surface area (Å²) in [6.07, 6.45) is 0.289. The summed E-state index contributed by atoms with van der Waals surface area (Å²) in [7, 11) is -3.62. The topological polar surface area (TPSA) is 75.3 Å². The largest absolute Gasteiger partial charge is 0.355 e. The van der Waals surface area contributed by atoms with E-state index in [0.717, 1.165) is 16.7 Å². The van der Waals surface area contributed by atoms with Crippen LogP contribution < -0.4 is 10.0 Å². The molecule has 0 saturated heterocycles. The second-order valence-corrected chi connectivity index (χ2v) is 9.33. The van der Waals surface area contributed by atoms with Crippen molar-refractivity contribution in [2.24, 2.45) is 0 Å². The molecule has 3 aromatic carbocycles. The molecule has 2 N–H and O–H groups in total. The molecular formula is C25H28N2O3S. The van der Waals surface area contributed by atoms with E-state index >= 15 is 0 Å². The Hall–Kier alpha value is -2.96. The summed E-state index contributed by atoms with van der Waals surface area (Å²) in [5.41, 5.74) is 3.71. The highest BCUT2D eigenvalue weighted by molar-refractivity contribution is 7.89. The van der Waals surface area contributed by atoms with Crippen LogP contribution in [-0.2, 0) is 14.8 Å². The van der Waals surface area contributed by atoms with Gasteiger partial charge < -0.3 is 5.32 Å². The lowest BCUT2D eigenvalue weighted by Crippen LogP contribution is -2.35. The van der Waals surface area contributed by atoms with Gasteiger partial charge in [-0.3, -0.25) is 4.79 Å². The predicted octanol–water partition coefficient (Wildman–Crippen LogP) is 3.92. The van der Waals surface area contributed by atoms with E-state index in [2.05, 4.69) is 10.0 Å². The van der Waals surface area contributed by atoms with Crippen LogP contribution in [0.15, 0.2) is 83.8 Å². The summed E-state index contributed by atoms with van der Waals surface area (Å²) in [6.45, 7) is 3.97. The number of rotatable bonds is 9. The fourth-order valence-corrected chi connectivity index (χ4v) is 4.88. The van der Waals surface area contributed by atoms with Gasteiger partial charge in [-0.25, -0.2) is 13.1 Å². The van der Waals surface area contributed by atoms with Gasteiger partial charge in [0.25, 0.3) is 0 Å². The Bertz CT molecular complexity index is 1070. The molecule has 1 amide bonds. The van der Waals surface area contributed by atoms with E-state index in [1.165, 1.54) is 0 Å². The summed E-state index contributed by atoms with van der Waals surface area (Å²) in [5.74, 6) is -0.183. The highest BCUT2D eigenvalue weighted by Crippen LogP contribution is 2.27. The molecule has 0 heterocycles. The van der Waals surface area contributed by atoms with Gasteiger partial charge in [0.1, 0.15) is 0 Å². The molecule has 3 rings (SSSR count). The number of carbonyl (C=O) groups is 1. The zero-order valence-electron chi connectivity index (χ0n) is 17.8. The van der Waals surface area contributed by atoms with Gasteiger partial charge in [-0.15, -0.1) is 0 Å². The molecule has 5 nitrogen and oxygen atoms in total. The lowest BCUT2D eigenvalue weighted by atomic mass is 9.88. The normalized spacial score (nSPS) is 11.5. The van der Waals surface area contributed by atoms with Crippen molar-refractivity contribution in [3.63, 3.8) is 0 Å². The van der Waals surface area contributed by atoms with E-state index < -0.39 is 10.0 Å². The minimum absolute atomic E-state index is 0.0611. The molecule has 0 aliphatic heterocycles. The van der Waals surface area contributed by atoms with Crippen LogP contribution >= 0.6 is 0 Å². The van der Waals surface area contributed by atoms with E-state index in [1.54, 1.807) is 19.1 Å². The molecule has 0 spiro atoms. The first-order valence-electron chi connectivity index (χ1n) is 10.3. The Labute approximate surface area is 184 Å². The maximum absolute atomic E-state index is 12.6.